The van der Waals surface area contributed by atoms with E-state index in [9.17, 15) is 4.79 Å². The molecule has 0 radical (unpaired) electrons. The molecule has 2 amide bonds. The Morgan fingerprint density at radius 3 is 2.60 bits per heavy atom. The Bertz CT molecular complexity index is 694. The lowest BCUT2D eigenvalue weighted by atomic mass is 10.2. The van der Waals surface area contributed by atoms with E-state index in [0.29, 0.717) is 19.6 Å². The molecular weight excluding hydrogens is 322 g/mol. The maximum atomic E-state index is 12.3. The van der Waals surface area contributed by atoms with Crippen LogP contribution in [0.1, 0.15) is 5.76 Å². The van der Waals surface area contributed by atoms with Gasteiger partial charge in [0.05, 0.1) is 32.7 Å². The number of rotatable bonds is 5. The van der Waals surface area contributed by atoms with Gasteiger partial charge in [-0.2, -0.15) is 0 Å². The first kappa shape index (κ1) is 17.0. The third-order valence-electron chi connectivity index (χ3n) is 4.29. The van der Waals surface area contributed by atoms with Crippen molar-refractivity contribution >= 4 is 11.7 Å². The lowest BCUT2D eigenvalue weighted by molar-refractivity contribution is 0.193. The average molecular weight is 345 g/mol. The van der Waals surface area contributed by atoms with Crippen molar-refractivity contribution < 1.29 is 18.7 Å². The van der Waals surface area contributed by atoms with E-state index in [1.54, 1.807) is 20.5 Å². The molecule has 25 heavy (non-hydrogen) atoms. The van der Waals surface area contributed by atoms with Crippen LogP contribution >= 0.6 is 0 Å². The van der Waals surface area contributed by atoms with Gasteiger partial charge in [-0.25, -0.2) is 4.79 Å². The van der Waals surface area contributed by atoms with Gasteiger partial charge in [0.1, 0.15) is 17.3 Å². The van der Waals surface area contributed by atoms with Crippen LogP contribution in [-0.2, 0) is 6.54 Å². The molecule has 1 N–H and O–H groups in total. The van der Waals surface area contributed by atoms with Crippen LogP contribution in [0.3, 0.4) is 0 Å². The number of amides is 2. The predicted molar refractivity (Wildman–Crippen MR) is 94.3 cm³/mol. The molecule has 1 saturated heterocycles. The van der Waals surface area contributed by atoms with Crippen molar-refractivity contribution in [3.05, 3.63) is 42.4 Å². The summed E-state index contributed by atoms with van der Waals surface area (Å²) in [7, 11) is 3.30. The maximum Gasteiger partial charge on any atom is 0.317 e. The van der Waals surface area contributed by atoms with Crippen LogP contribution in [0.15, 0.2) is 41.0 Å². The number of hydrogen-bond donors (Lipinski definition) is 1. The topological polar surface area (TPSA) is 67.2 Å². The number of furan rings is 1. The molecule has 1 aliphatic heterocycles. The summed E-state index contributed by atoms with van der Waals surface area (Å²) in [5.41, 5.74) is 0.984. The van der Waals surface area contributed by atoms with Gasteiger partial charge in [-0.1, -0.05) is 0 Å². The molecule has 0 saturated carbocycles. The number of piperazine rings is 1. The van der Waals surface area contributed by atoms with Gasteiger partial charge in [0, 0.05) is 32.2 Å². The summed E-state index contributed by atoms with van der Waals surface area (Å²) in [5, 5.41) is 2.88. The van der Waals surface area contributed by atoms with Gasteiger partial charge in [0.25, 0.3) is 0 Å². The molecule has 0 aliphatic carbocycles. The molecule has 7 heteroatoms. The second-order valence-electron chi connectivity index (χ2n) is 5.75. The molecule has 3 rings (SSSR count). The predicted octanol–water partition coefficient (Wildman–Crippen LogP) is 2.33. The van der Waals surface area contributed by atoms with Crippen LogP contribution in [0, 0.1) is 0 Å². The van der Waals surface area contributed by atoms with Crippen molar-refractivity contribution in [2.24, 2.45) is 0 Å². The van der Waals surface area contributed by atoms with E-state index < -0.39 is 0 Å². The summed E-state index contributed by atoms with van der Waals surface area (Å²) in [6.07, 6.45) is 1.60. The Balaban J connectivity index is 1.57. The average Bonchev–Trinajstić information content (AvgIpc) is 3.19. The van der Waals surface area contributed by atoms with Crippen LogP contribution < -0.4 is 19.7 Å². The van der Waals surface area contributed by atoms with Crippen LogP contribution in [0.2, 0.25) is 0 Å². The third-order valence-corrected chi connectivity index (χ3v) is 4.29. The molecule has 134 valence electrons. The number of urea groups is 1. The lowest BCUT2D eigenvalue weighted by Crippen LogP contribution is -2.51. The summed E-state index contributed by atoms with van der Waals surface area (Å²) >= 11 is 0. The minimum atomic E-state index is -0.0753. The van der Waals surface area contributed by atoms with Crippen molar-refractivity contribution in [1.29, 1.82) is 0 Å². The van der Waals surface area contributed by atoms with Gasteiger partial charge in [-0.05, 0) is 24.3 Å². The summed E-state index contributed by atoms with van der Waals surface area (Å²) in [4.78, 5) is 16.3. The Kier molecular flexibility index (Phi) is 5.33. The van der Waals surface area contributed by atoms with E-state index in [1.165, 1.54) is 0 Å². The first-order valence-electron chi connectivity index (χ1n) is 8.23. The molecule has 0 spiro atoms. The highest BCUT2D eigenvalue weighted by Gasteiger charge is 2.23. The molecule has 1 fully saturated rings. The Labute approximate surface area is 147 Å². The molecular formula is C18H23N3O4. The molecule has 1 aromatic heterocycles. The summed E-state index contributed by atoms with van der Waals surface area (Å²) in [6.45, 7) is 3.15. The number of carbonyl (C=O) groups is 1. The SMILES string of the molecule is COc1ccc(OC)c(N2CCN(C(=O)NCc3ccco3)CC2)c1. The zero-order chi connectivity index (χ0) is 17.6. The number of nitrogens with zero attached hydrogens (tertiary/aromatic N) is 2. The van der Waals surface area contributed by atoms with Crippen molar-refractivity contribution in [3.8, 4) is 11.5 Å². The number of nitrogens with one attached hydrogen (secondary N) is 1. The van der Waals surface area contributed by atoms with E-state index in [-0.39, 0.29) is 6.03 Å². The summed E-state index contributed by atoms with van der Waals surface area (Å²) < 4.78 is 16.0. The lowest BCUT2D eigenvalue weighted by Gasteiger charge is -2.36. The quantitative estimate of drug-likeness (QED) is 0.901. The highest BCUT2D eigenvalue weighted by Crippen LogP contribution is 2.32. The van der Waals surface area contributed by atoms with Gasteiger partial charge in [-0.3, -0.25) is 0 Å². The number of anilines is 1. The highest BCUT2D eigenvalue weighted by molar-refractivity contribution is 5.74. The van der Waals surface area contributed by atoms with Crippen molar-refractivity contribution in [1.82, 2.24) is 10.2 Å². The smallest absolute Gasteiger partial charge is 0.317 e. The standard InChI is InChI=1S/C18H23N3O4/c1-23-14-5-6-17(24-2)16(12-14)20-7-9-21(10-8-20)18(22)19-13-15-4-3-11-25-15/h3-6,11-12H,7-10,13H2,1-2H3,(H,19,22). The number of benzene rings is 1. The fourth-order valence-electron chi connectivity index (χ4n) is 2.88. The monoisotopic (exact) mass is 345 g/mol. The van der Waals surface area contributed by atoms with Gasteiger partial charge in [0.15, 0.2) is 0 Å². The fraction of sp³-hybridized carbons (Fsp3) is 0.389. The van der Waals surface area contributed by atoms with Crippen LogP contribution in [0.5, 0.6) is 11.5 Å². The van der Waals surface area contributed by atoms with Crippen molar-refractivity contribution in [3.63, 3.8) is 0 Å². The van der Waals surface area contributed by atoms with Gasteiger partial charge in [-0.15, -0.1) is 0 Å². The van der Waals surface area contributed by atoms with Gasteiger partial charge < -0.3 is 29.0 Å². The zero-order valence-electron chi connectivity index (χ0n) is 14.5. The minimum absolute atomic E-state index is 0.0753. The normalized spacial score (nSPS) is 14.3. The molecule has 1 aromatic carbocycles. The number of ether oxygens (including phenoxy) is 2. The van der Waals surface area contributed by atoms with Crippen LogP contribution in [0.4, 0.5) is 10.5 Å². The number of carbonyl (C=O) groups excluding carboxylic acids is 1. The van der Waals surface area contributed by atoms with Gasteiger partial charge in [0.2, 0.25) is 0 Å². The molecule has 2 heterocycles. The Morgan fingerprint density at radius 2 is 1.96 bits per heavy atom. The van der Waals surface area contributed by atoms with E-state index in [4.69, 9.17) is 13.9 Å². The van der Waals surface area contributed by atoms with E-state index in [1.807, 2.05) is 35.2 Å². The van der Waals surface area contributed by atoms with Crippen molar-refractivity contribution in [2.75, 3.05) is 45.3 Å². The molecule has 0 unspecified atom stereocenters. The fourth-order valence-corrected chi connectivity index (χ4v) is 2.88. The Hall–Kier alpha value is -2.83. The molecule has 7 nitrogen and oxygen atoms in total. The number of hydrogen-bond acceptors (Lipinski definition) is 5. The van der Waals surface area contributed by atoms with Crippen LogP contribution in [0.25, 0.3) is 0 Å². The first-order valence-corrected chi connectivity index (χ1v) is 8.23. The minimum Gasteiger partial charge on any atom is -0.497 e. The largest absolute Gasteiger partial charge is 0.497 e. The molecule has 0 bridgehead atoms. The van der Waals surface area contributed by atoms with Gasteiger partial charge >= 0.3 is 6.03 Å². The molecule has 2 aromatic rings. The van der Waals surface area contributed by atoms with Crippen LogP contribution in [-0.4, -0.2) is 51.3 Å². The number of methoxy groups -OCH3 is 2. The zero-order valence-corrected chi connectivity index (χ0v) is 14.5. The van der Waals surface area contributed by atoms with Crippen molar-refractivity contribution in [2.45, 2.75) is 6.54 Å². The van der Waals surface area contributed by atoms with E-state index >= 15 is 0 Å². The maximum absolute atomic E-state index is 12.3. The first-order chi connectivity index (χ1) is 12.2. The highest BCUT2D eigenvalue weighted by atomic mass is 16.5. The summed E-state index contributed by atoms with van der Waals surface area (Å²) in [5.74, 6) is 2.33. The molecule has 0 atom stereocenters. The second-order valence-corrected chi connectivity index (χ2v) is 5.75. The third kappa shape index (κ3) is 3.99. The summed E-state index contributed by atoms with van der Waals surface area (Å²) in [6, 6.07) is 9.31. The Morgan fingerprint density at radius 1 is 1.16 bits per heavy atom. The second kappa shape index (κ2) is 7.83. The molecule has 1 aliphatic rings. The van der Waals surface area contributed by atoms with E-state index in [0.717, 1.165) is 36.0 Å². The van der Waals surface area contributed by atoms with E-state index in [2.05, 4.69) is 10.2 Å².